The zero-order valence-electron chi connectivity index (χ0n) is 21.4. The summed E-state index contributed by atoms with van der Waals surface area (Å²) in [6.07, 6.45) is 3.80. The Morgan fingerprint density at radius 3 is 2.65 bits per heavy atom. The fourth-order valence-electron chi connectivity index (χ4n) is 4.14. The van der Waals surface area contributed by atoms with Crippen molar-refractivity contribution in [3.05, 3.63) is 101 Å². The number of ether oxygens (including phenoxy) is 2. The maximum atomic E-state index is 14.2. The lowest BCUT2D eigenvalue weighted by Gasteiger charge is -2.09. The highest BCUT2D eigenvalue weighted by Crippen LogP contribution is 2.22. The number of halogens is 1. The first kappa shape index (κ1) is 26.4. The summed E-state index contributed by atoms with van der Waals surface area (Å²) in [7, 11) is 1.60. The van der Waals surface area contributed by atoms with E-state index in [2.05, 4.69) is 15.0 Å². The number of imidazole rings is 1. The molecule has 0 atom stereocenters. The van der Waals surface area contributed by atoms with Crippen molar-refractivity contribution in [2.45, 2.75) is 19.6 Å². The number of methoxy groups -OCH3 is 1. The molecule has 0 fully saturated rings. The van der Waals surface area contributed by atoms with Gasteiger partial charge >= 0.3 is 5.97 Å². The lowest BCUT2D eigenvalue weighted by atomic mass is 10.1. The van der Waals surface area contributed by atoms with Crippen molar-refractivity contribution in [1.82, 2.24) is 24.5 Å². The van der Waals surface area contributed by atoms with Gasteiger partial charge in [0.1, 0.15) is 23.9 Å². The lowest BCUT2D eigenvalue weighted by Crippen LogP contribution is -2.09. The molecule has 40 heavy (non-hydrogen) atoms. The van der Waals surface area contributed by atoms with E-state index >= 15 is 0 Å². The van der Waals surface area contributed by atoms with Crippen molar-refractivity contribution in [1.29, 1.82) is 5.26 Å². The second-order valence-electron chi connectivity index (χ2n) is 8.84. The molecule has 0 saturated heterocycles. The smallest absolute Gasteiger partial charge is 0.335 e. The van der Waals surface area contributed by atoms with E-state index in [0.29, 0.717) is 47.7 Å². The first-order valence-electron chi connectivity index (χ1n) is 12.3. The SMILES string of the molecule is COCCn1c(Cc2cnc(-c3cccc(OCc4ccc(C#N)cc4F)n3)nc2)nc2ccc(C(=O)O)cc21. The van der Waals surface area contributed by atoms with E-state index in [-0.39, 0.29) is 23.6 Å². The molecule has 11 heteroatoms. The number of carboxylic acid groups (broad SMARTS) is 1. The molecule has 0 spiro atoms. The Bertz CT molecular complexity index is 1730. The number of carbonyl (C=O) groups is 1. The largest absolute Gasteiger partial charge is 0.478 e. The number of hydrogen-bond donors (Lipinski definition) is 1. The molecule has 0 radical (unpaired) electrons. The number of aromatic nitrogens is 5. The Labute approximate surface area is 228 Å². The van der Waals surface area contributed by atoms with E-state index in [0.717, 1.165) is 17.5 Å². The van der Waals surface area contributed by atoms with Crippen molar-refractivity contribution < 1.29 is 23.8 Å². The zero-order chi connectivity index (χ0) is 28.1. The molecule has 5 aromatic rings. The quantitative estimate of drug-likeness (QED) is 0.274. The van der Waals surface area contributed by atoms with Crippen molar-refractivity contribution in [3.63, 3.8) is 0 Å². The second-order valence-corrected chi connectivity index (χ2v) is 8.84. The number of pyridine rings is 1. The summed E-state index contributed by atoms with van der Waals surface area (Å²) in [5.41, 5.74) is 3.43. The Balaban J connectivity index is 1.33. The topological polar surface area (TPSA) is 136 Å². The predicted octanol–water partition coefficient (Wildman–Crippen LogP) is 4.41. The van der Waals surface area contributed by atoms with Crippen LogP contribution < -0.4 is 4.74 Å². The summed E-state index contributed by atoms with van der Waals surface area (Å²) < 4.78 is 27.0. The van der Waals surface area contributed by atoms with Crippen LogP contribution in [0.5, 0.6) is 5.88 Å². The standard InChI is InChI=1S/C29H23FN6O4/c1-39-10-9-36-25-13-20(29(37)38)7-8-23(25)34-26(36)12-19-15-32-28(33-16-19)24-3-2-4-27(35-24)40-17-21-6-5-18(14-31)11-22(21)30/h2-8,11,13,15-16H,9-10,12,17H2,1H3,(H,37,38). The number of fused-ring (bicyclic) bond motifs is 1. The molecule has 0 aliphatic rings. The average molecular weight is 539 g/mol. The Kier molecular flexibility index (Phi) is 7.70. The minimum Gasteiger partial charge on any atom is -0.478 e. The Morgan fingerprint density at radius 1 is 1.10 bits per heavy atom. The van der Waals surface area contributed by atoms with Gasteiger partial charge in [-0.3, -0.25) is 0 Å². The molecule has 0 aliphatic heterocycles. The monoisotopic (exact) mass is 538 g/mol. The van der Waals surface area contributed by atoms with Crippen LogP contribution in [-0.4, -0.2) is 49.3 Å². The highest BCUT2D eigenvalue weighted by atomic mass is 19.1. The molecule has 0 aliphatic carbocycles. The minimum absolute atomic E-state index is 0.0498. The summed E-state index contributed by atoms with van der Waals surface area (Å²) in [5.74, 6) is -0.127. The van der Waals surface area contributed by atoms with Gasteiger partial charge < -0.3 is 19.1 Å². The van der Waals surface area contributed by atoms with Gasteiger partial charge in [0, 0.05) is 44.1 Å². The highest BCUT2D eigenvalue weighted by Gasteiger charge is 2.15. The van der Waals surface area contributed by atoms with E-state index in [1.54, 1.807) is 49.8 Å². The maximum Gasteiger partial charge on any atom is 0.335 e. The van der Waals surface area contributed by atoms with E-state index in [1.807, 2.05) is 10.6 Å². The average Bonchev–Trinajstić information content (AvgIpc) is 3.31. The first-order chi connectivity index (χ1) is 19.4. The molecule has 2 aromatic carbocycles. The summed E-state index contributed by atoms with van der Waals surface area (Å²) in [6, 6.07) is 16.1. The third kappa shape index (κ3) is 5.77. The molecule has 3 heterocycles. The summed E-state index contributed by atoms with van der Waals surface area (Å²) in [5, 5.41) is 18.3. The molecule has 10 nitrogen and oxygen atoms in total. The van der Waals surface area contributed by atoms with Gasteiger partial charge in [0.15, 0.2) is 5.82 Å². The van der Waals surface area contributed by atoms with Crippen LogP contribution in [0.3, 0.4) is 0 Å². The number of nitrogens with zero attached hydrogens (tertiary/aromatic N) is 6. The van der Waals surface area contributed by atoms with E-state index in [4.69, 9.17) is 19.7 Å². The zero-order valence-corrected chi connectivity index (χ0v) is 21.4. The van der Waals surface area contributed by atoms with Crippen LogP contribution in [0.4, 0.5) is 4.39 Å². The lowest BCUT2D eigenvalue weighted by molar-refractivity contribution is 0.0697. The minimum atomic E-state index is -1.00. The van der Waals surface area contributed by atoms with Crippen LogP contribution in [-0.2, 0) is 24.3 Å². The predicted molar refractivity (Wildman–Crippen MR) is 142 cm³/mol. The third-order valence-corrected chi connectivity index (χ3v) is 6.17. The second kappa shape index (κ2) is 11.7. The molecular formula is C29H23FN6O4. The molecule has 0 unspecified atom stereocenters. The number of carboxylic acids is 1. The maximum absolute atomic E-state index is 14.2. The summed E-state index contributed by atoms with van der Waals surface area (Å²) >= 11 is 0. The van der Waals surface area contributed by atoms with Gasteiger partial charge in [-0.05, 0) is 42.0 Å². The number of hydrogen-bond acceptors (Lipinski definition) is 8. The molecule has 3 aromatic heterocycles. The van der Waals surface area contributed by atoms with Gasteiger partial charge in [0.2, 0.25) is 5.88 Å². The van der Waals surface area contributed by atoms with Crippen LogP contribution in [0.2, 0.25) is 0 Å². The fourth-order valence-corrected chi connectivity index (χ4v) is 4.14. The normalized spacial score (nSPS) is 10.9. The third-order valence-electron chi connectivity index (χ3n) is 6.17. The number of benzene rings is 2. The van der Waals surface area contributed by atoms with Crippen LogP contribution in [0.1, 0.15) is 32.9 Å². The number of rotatable bonds is 10. The number of nitriles is 1. The van der Waals surface area contributed by atoms with Crippen LogP contribution in [0.25, 0.3) is 22.6 Å². The van der Waals surface area contributed by atoms with Crippen molar-refractivity contribution in [3.8, 4) is 23.5 Å². The molecule has 200 valence electrons. The van der Waals surface area contributed by atoms with Crippen LogP contribution in [0.15, 0.2) is 67.0 Å². The molecule has 1 N–H and O–H groups in total. The van der Waals surface area contributed by atoms with Gasteiger partial charge in [-0.2, -0.15) is 5.26 Å². The molecular weight excluding hydrogens is 515 g/mol. The summed E-state index contributed by atoms with van der Waals surface area (Å²) in [6.45, 7) is 0.895. The molecule has 0 amide bonds. The fraction of sp³-hybridized carbons (Fsp3) is 0.172. The van der Waals surface area contributed by atoms with E-state index in [1.165, 1.54) is 18.2 Å². The van der Waals surface area contributed by atoms with Gasteiger partial charge in [0.05, 0.1) is 34.8 Å². The van der Waals surface area contributed by atoms with Crippen molar-refractivity contribution in [2.75, 3.05) is 13.7 Å². The Morgan fingerprint density at radius 2 is 1.93 bits per heavy atom. The molecule has 0 saturated carbocycles. The van der Waals surface area contributed by atoms with Crippen LogP contribution >= 0.6 is 0 Å². The van der Waals surface area contributed by atoms with Gasteiger partial charge in [0.25, 0.3) is 0 Å². The van der Waals surface area contributed by atoms with Gasteiger partial charge in [-0.15, -0.1) is 0 Å². The molecule has 0 bridgehead atoms. The van der Waals surface area contributed by atoms with Crippen molar-refractivity contribution >= 4 is 17.0 Å². The Hall–Kier alpha value is -5.21. The highest BCUT2D eigenvalue weighted by molar-refractivity contribution is 5.92. The van der Waals surface area contributed by atoms with E-state index < -0.39 is 11.8 Å². The first-order valence-corrected chi connectivity index (χ1v) is 12.3. The van der Waals surface area contributed by atoms with Crippen molar-refractivity contribution in [2.24, 2.45) is 0 Å². The van der Waals surface area contributed by atoms with Gasteiger partial charge in [-0.25, -0.2) is 29.1 Å². The van der Waals surface area contributed by atoms with Gasteiger partial charge in [-0.1, -0.05) is 12.1 Å². The van der Waals surface area contributed by atoms with E-state index in [9.17, 15) is 14.3 Å². The van der Waals surface area contributed by atoms with Crippen LogP contribution in [0, 0.1) is 17.1 Å². The number of aromatic carboxylic acids is 1. The molecule has 5 rings (SSSR count). The summed E-state index contributed by atoms with van der Waals surface area (Å²) in [4.78, 5) is 29.5.